The second-order valence-corrected chi connectivity index (χ2v) is 5.63. The zero-order chi connectivity index (χ0) is 14.8. The van der Waals surface area contributed by atoms with Crippen molar-refractivity contribution in [3.05, 3.63) is 52.8 Å². The van der Waals surface area contributed by atoms with Crippen molar-refractivity contribution in [2.45, 2.75) is 12.6 Å². The van der Waals surface area contributed by atoms with Gasteiger partial charge in [0.25, 0.3) is 0 Å². The number of nitrogens with zero attached hydrogens (tertiary/aromatic N) is 3. The van der Waals surface area contributed by atoms with Gasteiger partial charge in [0.05, 0.1) is 24.3 Å². The number of hydrogen-bond acceptors (Lipinski definition) is 3. The molecular weight excluding hydrogens is 293 g/mol. The minimum Gasteiger partial charge on any atom is -0.371 e. The Morgan fingerprint density at radius 1 is 1.48 bits per heavy atom. The molecule has 1 aliphatic heterocycles. The lowest BCUT2D eigenvalue weighted by Gasteiger charge is -2.33. The molecule has 0 radical (unpaired) electrons. The lowest BCUT2D eigenvalue weighted by Crippen LogP contribution is -2.38. The molecule has 6 heteroatoms. The van der Waals surface area contributed by atoms with E-state index in [1.165, 1.54) is 6.07 Å². The van der Waals surface area contributed by atoms with Crippen LogP contribution in [0.2, 0.25) is 5.02 Å². The van der Waals surface area contributed by atoms with Crippen molar-refractivity contribution in [1.82, 2.24) is 14.5 Å². The molecule has 0 amide bonds. The van der Waals surface area contributed by atoms with Crippen molar-refractivity contribution >= 4 is 11.6 Å². The van der Waals surface area contributed by atoms with Gasteiger partial charge in [0.15, 0.2) is 0 Å². The highest BCUT2D eigenvalue weighted by Crippen LogP contribution is 2.26. The first-order valence-electron chi connectivity index (χ1n) is 6.88. The van der Waals surface area contributed by atoms with Crippen LogP contribution >= 0.6 is 11.6 Å². The normalized spacial score (nSPS) is 19.9. The van der Waals surface area contributed by atoms with Crippen molar-refractivity contribution < 1.29 is 9.13 Å². The number of aromatic nitrogens is 2. The number of aryl methyl sites for hydroxylation is 1. The Morgan fingerprint density at radius 3 is 3.05 bits per heavy atom. The van der Waals surface area contributed by atoms with Gasteiger partial charge in [0.2, 0.25) is 0 Å². The van der Waals surface area contributed by atoms with E-state index in [4.69, 9.17) is 16.3 Å². The molecule has 1 fully saturated rings. The molecule has 0 N–H and O–H groups in total. The third kappa shape index (κ3) is 3.26. The lowest BCUT2D eigenvalue weighted by molar-refractivity contribution is -0.0339. The van der Waals surface area contributed by atoms with Gasteiger partial charge in [-0.1, -0.05) is 17.7 Å². The van der Waals surface area contributed by atoms with Crippen LogP contribution in [0.25, 0.3) is 0 Å². The number of morpholine rings is 1. The molecule has 0 spiro atoms. The van der Waals surface area contributed by atoms with E-state index in [1.54, 1.807) is 18.3 Å². The molecule has 1 unspecified atom stereocenters. The number of ether oxygens (including phenoxy) is 1. The maximum Gasteiger partial charge on any atom is 0.141 e. The molecule has 1 aliphatic rings. The van der Waals surface area contributed by atoms with Crippen molar-refractivity contribution in [3.63, 3.8) is 0 Å². The van der Waals surface area contributed by atoms with E-state index < -0.39 is 5.82 Å². The molecule has 4 nitrogen and oxygen atoms in total. The van der Waals surface area contributed by atoms with Crippen LogP contribution in [-0.4, -0.2) is 34.1 Å². The summed E-state index contributed by atoms with van der Waals surface area (Å²) in [5.41, 5.74) is 0.908. The van der Waals surface area contributed by atoms with Gasteiger partial charge in [0.1, 0.15) is 11.6 Å². The Hall–Kier alpha value is -1.43. The fourth-order valence-corrected chi connectivity index (χ4v) is 2.70. The summed E-state index contributed by atoms with van der Waals surface area (Å²) < 4.78 is 21.0. The van der Waals surface area contributed by atoms with Crippen LogP contribution in [0.15, 0.2) is 30.6 Å². The van der Waals surface area contributed by atoms with Gasteiger partial charge < -0.3 is 9.30 Å². The van der Waals surface area contributed by atoms with Crippen LogP contribution in [0.3, 0.4) is 0 Å². The smallest absolute Gasteiger partial charge is 0.141 e. The molecule has 1 atom stereocenters. The first-order chi connectivity index (χ1) is 10.1. The van der Waals surface area contributed by atoms with Crippen molar-refractivity contribution in [2.24, 2.45) is 7.05 Å². The number of halogens is 2. The second-order valence-electron chi connectivity index (χ2n) is 5.22. The fraction of sp³-hybridized carbons (Fsp3) is 0.400. The van der Waals surface area contributed by atoms with Crippen LogP contribution < -0.4 is 0 Å². The van der Waals surface area contributed by atoms with Gasteiger partial charge in [-0.25, -0.2) is 9.37 Å². The summed E-state index contributed by atoms with van der Waals surface area (Å²) in [6.07, 6.45) is 3.65. The van der Waals surface area contributed by atoms with E-state index in [9.17, 15) is 4.39 Å². The minimum atomic E-state index is -0.402. The van der Waals surface area contributed by atoms with Crippen LogP contribution in [0.5, 0.6) is 0 Å². The molecule has 2 aromatic rings. The first-order valence-corrected chi connectivity index (χ1v) is 7.26. The third-order valence-electron chi connectivity index (χ3n) is 3.75. The fourth-order valence-electron chi connectivity index (χ4n) is 2.51. The van der Waals surface area contributed by atoms with E-state index in [-0.39, 0.29) is 11.1 Å². The topological polar surface area (TPSA) is 30.3 Å². The monoisotopic (exact) mass is 309 g/mol. The third-order valence-corrected chi connectivity index (χ3v) is 4.04. The molecule has 112 valence electrons. The van der Waals surface area contributed by atoms with Gasteiger partial charge in [0, 0.05) is 32.5 Å². The summed E-state index contributed by atoms with van der Waals surface area (Å²) in [6.45, 7) is 3.02. The van der Waals surface area contributed by atoms with Gasteiger partial charge >= 0.3 is 0 Å². The Morgan fingerprint density at radius 2 is 2.33 bits per heavy atom. The highest BCUT2D eigenvalue weighted by molar-refractivity contribution is 6.30. The highest BCUT2D eigenvalue weighted by Gasteiger charge is 2.23. The Kier molecular flexibility index (Phi) is 4.24. The Labute approximate surface area is 128 Å². The van der Waals surface area contributed by atoms with E-state index >= 15 is 0 Å². The largest absolute Gasteiger partial charge is 0.371 e. The van der Waals surface area contributed by atoms with Crippen molar-refractivity contribution in [2.75, 3.05) is 19.7 Å². The van der Waals surface area contributed by atoms with E-state index in [0.29, 0.717) is 6.61 Å². The van der Waals surface area contributed by atoms with Crippen LogP contribution in [0.4, 0.5) is 4.39 Å². The van der Waals surface area contributed by atoms with Gasteiger partial charge in [-0.2, -0.15) is 0 Å². The van der Waals surface area contributed by atoms with E-state index in [0.717, 1.165) is 31.0 Å². The number of hydrogen-bond donors (Lipinski definition) is 0. The van der Waals surface area contributed by atoms with Crippen LogP contribution in [0, 0.1) is 5.82 Å². The molecule has 21 heavy (non-hydrogen) atoms. The first kappa shape index (κ1) is 14.5. The molecule has 3 rings (SSSR count). The van der Waals surface area contributed by atoms with Gasteiger partial charge in [-0.3, -0.25) is 4.90 Å². The predicted molar refractivity (Wildman–Crippen MR) is 78.6 cm³/mol. The highest BCUT2D eigenvalue weighted by atomic mass is 35.5. The molecule has 1 aromatic carbocycles. The van der Waals surface area contributed by atoms with Gasteiger partial charge in [-0.15, -0.1) is 0 Å². The average molecular weight is 310 g/mol. The molecule has 1 saturated heterocycles. The molecule has 0 aliphatic carbocycles. The lowest BCUT2D eigenvalue weighted by atomic mass is 10.1. The molecule has 1 aromatic heterocycles. The van der Waals surface area contributed by atoms with Crippen molar-refractivity contribution in [1.29, 1.82) is 0 Å². The Bertz CT molecular complexity index is 631. The average Bonchev–Trinajstić information content (AvgIpc) is 2.88. The molecule has 2 heterocycles. The second kappa shape index (κ2) is 6.13. The van der Waals surface area contributed by atoms with Crippen LogP contribution in [0.1, 0.15) is 17.5 Å². The summed E-state index contributed by atoms with van der Waals surface area (Å²) in [5, 5.41) is 0.136. The van der Waals surface area contributed by atoms with E-state index in [1.807, 2.05) is 17.8 Å². The maximum absolute atomic E-state index is 13.2. The predicted octanol–water partition coefficient (Wildman–Crippen LogP) is 2.79. The zero-order valence-electron chi connectivity index (χ0n) is 11.8. The van der Waals surface area contributed by atoms with Crippen molar-refractivity contribution in [3.8, 4) is 0 Å². The zero-order valence-corrected chi connectivity index (χ0v) is 12.6. The SMILES string of the molecule is Cn1ccnc1CN1CCOC(c2ccc(F)c(Cl)c2)C1. The number of imidazole rings is 1. The summed E-state index contributed by atoms with van der Waals surface area (Å²) >= 11 is 5.85. The number of rotatable bonds is 3. The standard InChI is InChI=1S/C15H17ClFN3O/c1-19-5-4-18-15(19)10-20-6-7-21-14(9-20)11-2-3-13(17)12(16)8-11/h2-5,8,14H,6-7,9-10H2,1H3. The Balaban J connectivity index is 1.70. The summed E-state index contributed by atoms with van der Waals surface area (Å²) in [7, 11) is 1.99. The van der Waals surface area contributed by atoms with E-state index in [2.05, 4.69) is 9.88 Å². The molecule has 0 saturated carbocycles. The summed E-state index contributed by atoms with van der Waals surface area (Å²) in [5.74, 6) is 0.619. The quantitative estimate of drug-likeness (QED) is 0.873. The van der Waals surface area contributed by atoms with Crippen LogP contribution in [-0.2, 0) is 18.3 Å². The molecule has 0 bridgehead atoms. The summed E-state index contributed by atoms with van der Waals surface area (Å²) in [4.78, 5) is 6.63. The number of benzene rings is 1. The minimum absolute atomic E-state index is 0.0860. The summed E-state index contributed by atoms with van der Waals surface area (Å²) in [6, 6.07) is 4.76. The maximum atomic E-state index is 13.2. The molecular formula is C15H17ClFN3O. The van der Waals surface area contributed by atoms with Gasteiger partial charge in [-0.05, 0) is 17.7 Å².